The van der Waals surface area contributed by atoms with Gasteiger partial charge in [0.2, 0.25) is 5.91 Å². The molecule has 23 heavy (non-hydrogen) atoms. The zero-order valence-electron chi connectivity index (χ0n) is 12.3. The minimum atomic E-state index is -3.64. The Hall–Kier alpha value is -1.45. The average molecular weight is 358 g/mol. The van der Waals surface area contributed by atoms with Crippen LogP contribution in [0.5, 0.6) is 0 Å². The van der Waals surface area contributed by atoms with Gasteiger partial charge in [-0.3, -0.25) is 9.59 Å². The lowest BCUT2D eigenvalue weighted by Crippen LogP contribution is -2.53. The third-order valence-electron chi connectivity index (χ3n) is 4.40. The van der Waals surface area contributed by atoms with Gasteiger partial charge in [0.05, 0.1) is 5.92 Å². The molecular weight excluding hydrogens is 340 g/mol. The molecule has 0 radical (unpaired) electrons. The van der Waals surface area contributed by atoms with Crippen molar-refractivity contribution in [3.63, 3.8) is 0 Å². The Morgan fingerprint density at radius 1 is 1.35 bits per heavy atom. The number of nitrogens with one attached hydrogen (secondary N) is 1. The summed E-state index contributed by atoms with van der Waals surface area (Å²) in [6.45, 7) is 0.334. The molecule has 1 atom stereocenters. The molecule has 0 spiro atoms. The number of hydrogen-bond donors (Lipinski definition) is 2. The lowest BCUT2D eigenvalue weighted by Gasteiger charge is -2.34. The van der Waals surface area contributed by atoms with Crippen molar-refractivity contribution in [1.29, 1.82) is 0 Å². The van der Waals surface area contributed by atoms with E-state index in [2.05, 4.69) is 5.32 Å². The van der Waals surface area contributed by atoms with Gasteiger partial charge in [-0.2, -0.15) is 4.31 Å². The van der Waals surface area contributed by atoms with Gasteiger partial charge in [0.25, 0.3) is 10.0 Å². The molecule has 1 aromatic heterocycles. The first-order chi connectivity index (χ1) is 10.9. The van der Waals surface area contributed by atoms with Crippen LogP contribution in [0.2, 0.25) is 0 Å². The maximum absolute atomic E-state index is 12.6. The van der Waals surface area contributed by atoms with E-state index in [0.717, 1.165) is 11.3 Å². The van der Waals surface area contributed by atoms with Crippen molar-refractivity contribution in [1.82, 2.24) is 9.62 Å². The van der Waals surface area contributed by atoms with Crippen molar-refractivity contribution >= 4 is 33.2 Å². The van der Waals surface area contributed by atoms with E-state index in [9.17, 15) is 18.0 Å². The smallest absolute Gasteiger partial charge is 0.306 e. The van der Waals surface area contributed by atoms with Crippen LogP contribution in [0, 0.1) is 5.92 Å². The molecule has 3 rings (SSSR count). The summed E-state index contributed by atoms with van der Waals surface area (Å²) in [6.07, 6.45) is 1.95. The molecule has 1 saturated carbocycles. The molecular formula is C14H18N2O5S2. The summed E-state index contributed by atoms with van der Waals surface area (Å²) >= 11 is 1.14. The van der Waals surface area contributed by atoms with Gasteiger partial charge in [-0.25, -0.2) is 8.42 Å². The standard InChI is InChI=1S/C14H18N2O5S2/c17-13(15-10-7-9(8-10)14(18)19)11-3-1-5-16(11)23(20,21)12-4-2-6-22-12/h2,4,6,9-11H,1,3,5,7-8H2,(H,15,17)(H,18,19). The lowest BCUT2D eigenvalue weighted by molar-refractivity contribution is -0.146. The molecule has 2 fully saturated rings. The molecule has 1 aromatic rings. The highest BCUT2D eigenvalue weighted by atomic mass is 32.2. The monoisotopic (exact) mass is 358 g/mol. The minimum Gasteiger partial charge on any atom is -0.481 e. The van der Waals surface area contributed by atoms with Crippen molar-refractivity contribution in [3.8, 4) is 0 Å². The maximum Gasteiger partial charge on any atom is 0.306 e. The minimum absolute atomic E-state index is 0.171. The normalized spacial score (nSPS) is 28.3. The molecule has 9 heteroatoms. The summed E-state index contributed by atoms with van der Waals surface area (Å²) in [5, 5.41) is 13.3. The summed E-state index contributed by atoms with van der Waals surface area (Å²) in [4.78, 5) is 23.2. The van der Waals surface area contributed by atoms with Gasteiger partial charge in [0.1, 0.15) is 10.3 Å². The van der Waals surface area contributed by atoms with E-state index in [-0.39, 0.29) is 16.2 Å². The average Bonchev–Trinajstić information content (AvgIpc) is 3.11. The maximum atomic E-state index is 12.6. The quantitative estimate of drug-likeness (QED) is 0.813. The number of nitrogens with zero attached hydrogens (tertiary/aromatic N) is 1. The van der Waals surface area contributed by atoms with E-state index in [1.807, 2.05) is 0 Å². The van der Waals surface area contributed by atoms with Gasteiger partial charge >= 0.3 is 5.97 Å². The van der Waals surface area contributed by atoms with Crippen LogP contribution in [-0.2, 0) is 19.6 Å². The number of amides is 1. The van der Waals surface area contributed by atoms with E-state index >= 15 is 0 Å². The summed E-state index contributed by atoms with van der Waals surface area (Å²) in [5.41, 5.74) is 0. The predicted octanol–water partition coefficient (Wildman–Crippen LogP) is 0.881. The molecule has 2 aliphatic rings. The Morgan fingerprint density at radius 2 is 2.09 bits per heavy atom. The molecule has 1 aliphatic carbocycles. The zero-order chi connectivity index (χ0) is 16.6. The van der Waals surface area contributed by atoms with Crippen LogP contribution in [0.1, 0.15) is 25.7 Å². The lowest BCUT2D eigenvalue weighted by atomic mass is 9.80. The highest BCUT2D eigenvalue weighted by molar-refractivity contribution is 7.91. The fraction of sp³-hybridized carbons (Fsp3) is 0.571. The number of carbonyl (C=O) groups excluding carboxylic acids is 1. The molecule has 1 amide bonds. The SMILES string of the molecule is O=C(O)C1CC(NC(=O)C2CCCN2S(=O)(=O)c2cccs2)C1. The Morgan fingerprint density at radius 3 is 2.70 bits per heavy atom. The number of hydrogen-bond acceptors (Lipinski definition) is 5. The Balaban J connectivity index is 1.65. The first-order valence-electron chi connectivity index (χ1n) is 7.48. The van der Waals surface area contributed by atoms with E-state index in [1.165, 1.54) is 10.4 Å². The van der Waals surface area contributed by atoms with Crippen LogP contribution in [0.4, 0.5) is 0 Å². The molecule has 2 heterocycles. The Kier molecular flexibility index (Phi) is 4.43. The van der Waals surface area contributed by atoms with Crippen molar-refractivity contribution in [2.75, 3.05) is 6.54 Å². The van der Waals surface area contributed by atoms with Crippen LogP contribution in [0.25, 0.3) is 0 Å². The van der Waals surface area contributed by atoms with Crippen molar-refractivity contribution < 1.29 is 23.1 Å². The number of thiophene rings is 1. The Labute approximate surface area is 138 Å². The third kappa shape index (κ3) is 3.13. The highest BCUT2D eigenvalue weighted by Gasteiger charge is 2.42. The van der Waals surface area contributed by atoms with Gasteiger partial charge in [-0.15, -0.1) is 11.3 Å². The van der Waals surface area contributed by atoms with Crippen LogP contribution >= 0.6 is 11.3 Å². The van der Waals surface area contributed by atoms with Crippen LogP contribution < -0.4 is 5.32 Å². The molecule has 1 saturated heterocycles. The second-order valence-corrected chi connectivity index (χ2v) is 8.98. The highest BCUT2D eigenvalue weighted by Crippen LogP contribution is 2.31. The zero-order valence-corrected chi connectivity index (χ0v) is 14.0. The molecule has 1 aliphatic heterocycles. The van der Waals surface area contributed by atoms with Gasteiger partial charge in [-0.1, -0.05) is 6.07 Å². The van der Waals surface area contributed by atoms with E-state index in [0.29, 0.717) is 32.2 Å². The predicted molar refractivity (Wildman–Crippen MR) is 83.5 cm³/mol. The van der Waals surface area contributed by atoms with E-state index in [4.69, 9.17) is 5.11 Å². The first kappa shape index (κ1) is 16.4. The number of carboxylic acid groups (broad SMARTS) is 1. The van der Waals surface area contributed by atoms with Gasteiger partial charge in [0.15, 0.2) is 0 Å². The van der Waals surface area contributed by atoms with Crippen molar-refractivity contribution in [2.24, 2.45) is 5.92 Å². The number of carbonyl (C=O) groups is 2. The molecule has 0 aromatic carbocycles. The molecule has 126 valence electrons. The van der Waals surface area contributed by atoms with Gasteiger partial charge < -0.3 is 10.4 Å². The number of carboxylic acids is 1. The Bertz CT molecular complexity index is 695. The van der Waals surface area contributed by atoms with E-state index < -0.39 is 28.0 Å². The van der Waals surface area contributed by atoms with E-state index in [1.54, 1.807) is 11.4 Å². The third-order valence-corrected chi connectivity index (χ3v) is 7.68. The first-order valence-corrected chi connectivity index (χ1v) is 9.80. The molecule has 7 nitrogen and oxygen atoms in total. The largest absolute Gasteiger partial charge is 0.481 e. The fourth-order valence-electron chi connectivity index (χ4n) is 3.05. The van der Waals surface area contributed by atoms with Crippen LogP contribution in [-0.4, -0.2) is 48.3 Å². The second kappa shape index (κ2) is 6.21. The summed E-state index contributed by atoms with van der Waals surface area (Å²) < 4.78 is 26.7. The fourth-order valence-corrected chi connectivity index (χ4v) is 5.83. The number of rotatable bonds is 5. The van der Waals surface area contributed by atoms with Crippen LogP contribution in [0.3, 0.4) is 0 Å². The number of sulfonamides is 1. The summed E-state index contributed by atoms with van der Waals surface area (Å²) in [5.74, 6) is -1.58. The molecule has 2 N–H and O–H groups in total. The molecule has 0 bridgehead atoms. The van der Waals surface area contributed by atoms with Crippen LogP contribution in [0.15, 0.2) is 21.7 Å². The molecule has 1 unspecified atom stereocenters. The van der Waals surface area contributed by atoms with Crippen molar-refractivity contribution in [3.05, 3.63) is 17.5 Å². The summed E-state index contributed by atoms with van der Waals surface area (Å²) in [7, 11) is -3.64. The topological polar surface area (TPSA) is 104 Å². The van der Waals surface area contributed by atoms with Gasteiger partial charge in [0, 0.05) is 12.6 Å². The summed E-state index contributed by atoms with van der Waals surface area (Å²) in [6, 6.07) is 2.33. The van der Waals surface area contributed by atoms with Crippen molar-refractivity contribution in [2.45, 2.75) is 42.0 Å². The van der Waals surface area contributed by atoms with Gasteiger partial charge in [-0.05, 0) is 37.1 Å². The second-order valence-electron chi connectivity index (χ2n) is 5.92. The number of aliphatic carboxylic acids is 1.